The Labute approximate surface area is 139 Å². The van der Waals surface area contributed by atoms with Gasteiger partial charge in [0.05, 0.1) is 5.39 Å². The number of pyridine rings is 1. The zero-order valence-corrected chi connectivity index (χ0v) is 14.4. The standard InChI is InChI=1S/C16H23N5O3/c1-5-16(17,6-2)9-18-13(22)11-8-7-10-12(19-11)20(3)15(24)21(4)14(10)23/h7-8H,5-6,9,17H2,1-4H3,(H,18,22). The van der Waals surface area contributed by atoms with E-state index in [0.717, 1.165) is 17.4 Å². The smallest absolute Gasteiger partial charge is 0.332 e. The fraction of sp³-hybridized carbons (Fsp3) is 0.500. The van der Waals surface area contributed by atoms with Crippen molar-refractivity contribution in [2.24, 2.45) is 19.8 Å². The first kappa shape index (κ1) is 17.9. The van der Waals surface area contributed by atoms with Gasteiger partial charge in [0.25, 0.3) is 11.5 Å². The van der Waals surface area contributed by atoms with E-state index in [2.05, 4.69) is 10.3 Å². The third kappa shape index (κ3) is 3.09. The van der Waals surface area contributed by atoms with Gasteiger partial charge >= 0.3 is 5.69 Å². The van der Waals surface area contributed by atoms with Gasteiger partial charge in [0.15, 0.2) is 0 Å². The minimum Gasteiger partial charge on any atom is -0.349 e. The molecule has 0 aliphatic carbocycles. The first-order valence-corrected chi connectivity index (χ1v) is 7.88. The van der Waals surface area contributed by atoms with Crippen LogP contribution in [0.5, 0.6) is 0 Å². The summed E-state index contributed by atoms with van der Waals surface area (Å²) in [5.74, 6) is -0.387. The van der Waals surface area contributed by atoms with Crippen LogP contribution in [-0.2, 0) is 14.1 Å². The maximum absolute atomic E-state index is 12.3. The van der Waals surface area contributed by atoms with Gasteiger partial charge in [-0.25, -0.2) is 9.78 Å². The molecule has 8 nitrogen and oxygen atoms in total. The van der Waals surface area contributed by atoms with E-state index in [9.17, 15) is 14.4 Å². The van der Waals surface area contributed by atoms with Gasteiger partial charge in [-0.1, -0.05) is 13.8 Å². The number of nitrogens with two attached hydrogens (primary N) is 1. The number of aromatic nitrogens is 3. The molecule has 0 atom stereocenters. The molecule has 0 aliphatic rings. The van der Waals surface area contributed by atoms with E-state index in [-0.39, 0.29) is 22.6 Å². The van der Waals surface area contributed by atoms with Gasteiger partial charge in [-0.05, 0) is 25.0 Å². The number of carbonyl (C=O) groups excluding carboxylic acids is 1. The van der Waals surface area contributed by atoms with Gasteiger partial charge in [-0.3, -0.25) is 18.7 Å². The molecule has 3 N–H and O–H groups in total. The minimum absolute atomic E-state index is 0.139. The van der Waals surface area contributed by atoms with Crippen LogP contribution in [0.4, 0.5) is 0 Å². The average Bonchev–Trinajstić information content (AvgIpc) is 2.61. The lowest BCUT2D eigenvalue weighted by Gasteiger charge is -2.26. The first-order valence-electron chi connectivity index (χ1n) is 7.88. The van der Waals surface area contributed by atoms with Crippen molar-refractivity contribution in [1.29, 1.82) is 0 Å². The Balaban J connectivity index is 2.39. The topological polar surface area (TPSA) is 112 Å². The molecule has 2 heterocycles. The largest absolute Gasteiger partial charge is 0.349 e. The molecule has 130 valence electrons. The number of carbonyl (C=O) groups is 1. The predicted octanol–water partition coefficient (Wildman–Crippen LogP) is -0.120. The van der Waals surface area contributed by atoms with Crippen LogP contribution in [0.1, 0.15) is 37.2 Å². The zero-order valence-electron chi connectivity index (χ0n) is 14.4. The van der Waals surface area contributed by atoms with Crippen LogP contribution >= 0.6 is 0 Å². The Hall–Kier alpha value is -2.48. The molecule has 0 aliphatic heterocycles. The summed E-state index contributed by atoms with van der Waals surface area (Å²) in [7, 11) is 2.92. The highest BCUT2D eigenvalue weighted by atomic mass is 16.2. The molecule has 2 rings (SSSR count). The Morgan fingerprint density at radius 2 is 1.83 bits per heavy atom. The molecule has 8 heteroatoms. The monoisotopic (exact) mass is 333 g/mol. The van der Waals surface area contributed by atoms with Crippen LogP contribution in [-0.4, -0.2) is 32.1 Å². The molecule has 0 saturated carbocycles. The van der Waals surface area contributed by atoms with Crippen molar-refractivity contribution in [3.63, 3.8) is 0 Å². The fourth-order valence-electron chi connectivity index (χ4n) is 2.43. The summed E-state index contributed by atoms with van der Waals surface area (Å²) in [5, 5.41) is 3.05. The molecule has 2 aromatic rings. The Morgan fingerprint density at radius 1 is 1.21 bits per heavy atom. The van der Waals surface area contributed by atoms with Gasteiger partial charge in [-0.2, -0.15) is 0 Å². The lowest BCUT2D eigenvalue weighted by Crippen LogP contribution is -2.49. The number of amides is 1. The molecule has 0 unspecified atom stereocenters. The summed E-state index contributed by atoms with van der Waals surface area (Å²) in [4.78, 5) is 40.6. The lowest BCUT2D eigenvalue weighted by molar-refractivity contribution is 0.0937. The first-order chi connectivity index (χ1) is 11.2. The molecule has 0 radical (unpaired) electrons. The number of rotatable bonds is 5. The van der Waals surface area contributed by atoms with Gasteiger partial charge in [0.1, 0.15) is 11.3 Å². The van der Waals surface area contributed by atoms with Crippen molar-refractivity contribution >= 4 is 16.9 Å². The van der Waals surface area contributed by atoms with Crippen molar-refractivity contribution in [1.82, 2.24) is 19.4 Å². The second-order valence-corrected chi connectivity index (χ2v) is 6.03. The molecule has 0 aromatic carbocycles. The summed E-state index contributed by atoms with van der Waals surface area (Å²) in [6.45, 7) is 4.26. The van der Waals surface area contributed by atoms with Gasteiger partial charge in [0.2, 0.25) is 0 Å². The number of aryl methyl sites for hydroxylation is 1. The number of fused-ring (bicyclic) bond motifs is 1. The lowest BCUT2D eigenvalue weighted by atomic mass is 9.94. The molecule has 24 heavy (non-hydrogen) atoms. The van der Waals surface area contributed by atoms with Crippen molar-refractivity contribution < 1.29 is 4.79 Å². The Kier molecular flexibility index (Phi) is 4.88. The van der Waals surface area contributed by atoms with Crippen LogP contribution in [0.2, 0.25) is 0 Å². The summed E-state index contributed by atoms with van der Waals surface area (Å²) in [5.41, 5.74) is 5.10. The molecule has 1 amide bonds. The summed E-state index contributed by atoms with van der Waals surface area (Å²) < 4.78 is 2.26. The molecule has 0 saturated heterocycles. The second-order valence-electron chi connectivity index (χ2n) is 6.03. The normalized spacial score (nSPS) is 11.7. The highest BCUT2D eigenvalue weighted by molar-refractivity contribution is 5.94. The van der Waals surface area contributed by atoms with Gasteiger partial charge < -0.3 is 11.1 Å². The van der Waals surface area contributed by atoms with E-state index in [0.29, 0.717) is 6.54 Å². The molecule has 0 bridgehead atoms. The Morgan fingerprint density at radius 3 is 2.42 bits per heavy atom. The highest BCUT2D eigenvalue weighted by Crippen LogP contribution is 2.10. The third-order valence-corrected chi connectivity index (χ3v) is 4.54. The van der Waals surface area contributed by atoms with E-state index in [1.54, 1.807) is 0 Å². The van der Waals surface area contributed by atoms with Crippen molar-refractivity contribution in [3.8, 4) is 0 Å². The van der Waals surface area contributed by atoms with Crippen LogP contribution in [0, 0.1) is 0 Å². The average molecular weight is 333 g/mol. The van der Waals surface area contributed by atoms with E-state index in [1.165, 1.54) is 30.8 Å². The molecular weight excluding hydrogens is 310 g/mol. The quantitative estimate of drug-likeness (QED) is 0.792. The molecular formula is C16H23N5O3. The minimum atomic E-state index is -0.490. The summed E-state index contributed by atoms with van der Waals surface area (Å²) in [6, 6.07) is 2.98. The van der Waals surface area contributed by atoms with E-state index in [1.807, 2.05) is 13.8 Å². The van der Waals surface area contributed by atoms with Crippen LogP contribution in [0.25, 0.3) is 11.0 Å². The van der Waals surface area contributed by atoms with Crippen molar-refractivity contribution in [3.05, 3.63) is 38.7 Å². The third-order valence-electron chi connectivity index (χ3n) is 4.54. The van der Waals surface area contributed by atoms with E-state index >= 15 is 0 Å². The maximum atomic E-state index is 12.3. The van der Waals surface area contributed by atoms with E-state index < -0.39 is 16.8 Å². The molecule has 0 spiro atoms. The summed E-state index contributed by atoms with van der Waals surface area (Å²) >= 11 is 0. The number of nitrogens with one attached hydrogen (secondary N) is 1. The highest BCUT2D eigenvalue weighted by Gasteiger charge is 2.22. The SMILES string of the molecule is CCC(N)(CC)CNC(=O)c1ccc2c(=O)n(C)c(=O)n(C)c2n1. The molecule has 2 aromatic heterocycles. The number of nitrogens with zero attached hydrogens (tertiary/aromatic N) is 3. The van der Waals surface area contributed by atoms with Gasteiger partial charge in [-0.15, -0.1) is 0 Å². The number of hydrogen-bond donors (Lipinski definition) is 2. The van der Waals surface area contributed by atoms with Crippen molar-refractivity contribution in [2.75, 3.05) is 6.54 Å². The zero-order chi connectivity index (χ0) is 18.1. The fourth-order valence-corrected chi connectivity index (χ4v) is 2.43. The number of hydrogen-bond acceptors (Lipinski definition) is 5. The predicted molar refractivity (Wildman–Crippen MR) is 92.1 cm³/mol. The van der Waals surface area contributed by atoms with Crippen LogP contribution < -0.4 is 22.3 Å². The Bertz CT molecular complexity index is 893. The summed E-state index contributed by atoms with van der Waals surface area (Å²) in [6.07, 6.45) is 1.47. The second kappa shape index (κ2) is 6.56. The van der Waals surface area contributed by atoms with Gasteiger partial charge in [0, 0.05) is 26.2 Å². The molecule has 0 fully saturated rings. The van der Waals surface area contributed by atoms with Crippen LogP contribution in [0.15, 0.2) is 21.7 Å². The van der Waals surface area contributed by atoms with Crippen molar-refractivity contribution in [2.45, 2.75) is 32.2 Å². The van der Waals surface area contributed by atoms with E-state index in [4.69, 9.17) is 5.73 Å². The maximum Gasteiger partial charge on any atom is 0.332 e. The van der Waals surface area contributed by atoms with Crippen LogP contribution in [0.3, 0.4) is 0 Å².